The van der Waals surface area contributed by atoms with Crippen LogP contribution in [0.4, 0.5) is 5.69 Å². The van der Waals surface area contributed by atoms with E-state index >= 15 is 0 Å². The number of nitrogens with zero attached hydrogens (tertiary/aromatic N) is 5. The first-order valence-electron chi connectivity index (χ1n) is 10.6. The highest BCUT2D eigenvalue weighted by Crippen LogP contribution is 2.39. The third-order valence-corrected chi connectivity index (χ3v) is 6.73. The average molecular weight is 440 g/mol. The molecule has 7 heteroatoms. The zero-order valence-electron chi connectivity index (χ0n) is 17.0. The van der Waals surface area contributed by atoms with Gasteiger partial charge in [-0.15, -0.1) is 0 Å². The second kappa shape index (κ2) is 8.53. The Morgan fingerprint density at radius 1 is 0.933 bits per heavy atom. The quantitative estimate of drug-likeness (QED) is 0.517. The summed E-state index contributed by atoms with van der Waals surface area (Å²) in [5, 5.41) is 5.77. The molecule has 5 nitrogen and oxygen atoms in total. The van der Waals surface area contributed by atoms with Crippen LogP contribution in [0.3, 0.4) is 0 Å². The highest BCUT2D eigenvalue weighted by atomic mass is 35.5. The van der Waals surface area contributed by atoms with E-state index < -0.39 is 0 Å². The lowest BCUT2D eigenvalue weighted by Gasteiger charge is -2.36. The number of hydrogen-bond acceptors (Lipinski definition) is 4. The number of benzene rings is 2. The van der Waals surface area contributed by atoms with Crippen LogP contribution in [-0.2, 0) is 13.2 Å². The van der Waals surface area contributed by atoms with Gasteiger partial charge in [0.1, 0.15) is 5.82 Å². The summed E-state index contributed by atoms with van der Waals surface area (Å²) >= 11 is 12.2. The molecule has 0 radical (unpaired) electrons. The van der Waals surface area contributed by atoms with Crippen molar-refractivity contribution in [2.24, 2.45) is 0 Å². The van der Waals surface area contributed by atoms with Gasteiger partial charge in [-0.05, 0) is 42.8 Å². The molecule has 2 aliphatic rings. The molecule has 1 aliphatic carbocycles. The second-order valence-corrected chi connectivity index (χ2v) is 8.96. The lowest BCUT2D eigenvalue weighted by atomic mass is 10.2. The van der Waals surface area contributed by atoms with Crippen LogP contribution in [0.25, 0.3) is 0 Å². The molecule has 0 N–H and O–H groups in total. The number of hydrogen-bond donors (Lipinski definition) is 0. The molecule has 2 fully saturated rings. The van der Waals surface area contributed by atoms with Gasteiger partial charge in [-0.1, -0.05) is 54.1 Å². The van der Waals surface area contributed by atoms with Crippen molar-refractivity contribution >= 4 is 29.5 Å². The minimum absolute atomic E-state index is 0.564. The minimum atomic E-state index is 0.564. The van der Waals surface area contributed by atoms with E-state index in [0.29, 0.717) is 5.92 Å². The van der Waals surface area contributed by atoms with Gasteiger partial charge in [0.15, 0.2) is 4.77 Å². The van der Waals surface area contributed by atoms with E-state index in [-0.39, 0.29) is 0 Å². The van der Waals surface area contributed by atoms with Crippen molar-refractivity contribution in [3.8, 4) is 0 Å². The Morgan fingerprint density at radius 2 is 1.63 bits per heavy atom. The molecule has 0 amide bonds. The number of rotatable bonds is 6. The molecule has 0 bridgehead atoms. The van der Waals surface area contributed by atoms with Crippen molar-refractivity contribution < 1.29 is 0 Å². The smallest absolute Gasteiger partial charge is 0.199 e. The first-order chi connectivity index (χ1) is 14.7. The van der Waals surface area contributed by atoms with Crippen LogP contribution in [0.15, 0.2) is 54.6 Å². The van der Waals surface area contributed by atoms with Gasteiger partial charge in [0.2, 0.25) is 0 Å². The maximum Gasteiger partial charge on any atom is 0.199 e. The molecule has 0 atom stereocenters. The first-order valence-corrected chi connectivity index (χ1v) is 11.4. The fourth-order valence-electron chi connectivity index (χ4n) is 4.14. The maximum atomic E-state index is 6.38. The number of anilines is 1. The van der Waals surface area contributed by atoms with Gasteiger partial charge in [0.25, 0.3) is 0 Å². The van der Waals surface area contributed by atoms with Gasteiger partial charge in [0, 0.05) is 32.1 Å². The SMILES string of the molecule is S=c1n(CN2CCN(c3ccccc3Cl)CC2)nc(C2CC2)n1Cc1ccccc1. The summed E-state index contributed by atoms with van der Waals surface area (Å²) < 4.78 is 5.09. The van der Waals surface area contributed by atoms with Crippen LogP contribution in [0.5, 0.6) is 0 Å². The predicted octanol–water partition coefficient (Wildman–Crippen LogP) is 4.77. The molecule has 2 aromatic carbocycles. The van der Waals surface area contributed by atoms with Crippen LogP contribution < -0.4 is 4.90 Å². The lowest BCUT2D eigenvalue weighted by molar-refractivity contribution is 0.194. The molecule has 1 aromatic heterocycles. The molecule has 0 spiro atoms. The Hall–Kier alpha value is -2.15. The van der Waals surface area contributed by atoms with Gasteiger partial charge in [-0.25, -0.2) is 4.68 Å². The summed E-state index contributed by atoms with van der Waals surface area (Å²) in [7, 11) is 0. The normalized spacial score (nSPS) is 17.4. The van der Waals surface area contributed by atoms with E-state index in [1.54, 1.807) is 0 Å². The molecule has 1 saturated carbocycles. The topological polar surface area (TPSA) is 29.2 Å². The summed E-state index contributed by atoms with van der Waals surface area (Å²) in [6, 6.07) is 18.6. The van der Waals surface area contributed by atoms with Crippen LogP contribution in [0.2, 0.25) is 5.02 Å². The van der Waals surface area contributed by atoms with Crippen molar-refractivity contribution in [2.45, 2.75) is 32.0 Å². The molecule has 156 valence electrons. The number of piperazine rings is 1. The standard InChI is InChI=1S/C23H26ClN5S/c24-20-8-4-5-9-21(20)27-14-12-26(13-15-27)17-29-23(30)28(22(25-29)19-10-11-19)16-18-6-2-1-3-7-18/h1-9,19H,10-17H2. The van der Waals surface area contributed by atoms with Crippen molar-refractivity contribution in [2.75, 3.05) is 31.1 Å². The minimum Gasteiger partial charge on any atom is -0.368 e. The van der Waals surface area contributed by atoms with E-state index in [1.165, 1.54) is 18.4 Å². The predicted molar refractivity (Wildman–Crippen MR) is 124 cm³/mol. The maximum absolute atomic E-state index is 6.38. The fraction of sp³-hybridized carbons (Fsp3) is 0.391. The number of aromatic nitrogens is 3. The van der Waals surface area contributed by atoms with E-state index in [2.05, 4.69) is 50.8 Å². The van der Waals surface area contributed by atoms with Crippen molar-refractivity contribution in [1.82, 2.24) is 19.2 Å². The van der Waals surface area contributed by atoms with Gasteiger partial charge >= 0.3 is 0 Å². The lowest BCUT2D eigenvalue weighted by Crippen LogP contribution is -2.47. The molecule has 1 saturated heterocycles. The molecule has 3 aromatic rings. The van der Waals surface area contributed by atoms with Gasteiger partial charge < -0.3 is 4.90 Å². The van der Waals surface area contributed by atoms with Crippen LogP contribution in [0, 0.1) is 4.77 Å². The summed E-state index contributed by atoms with van der Waals surface area (Å²) in [4.78, 5) is 4.79. The third-order valence-electron chi connectivity index (χ3n) is 5.98. The first kappa shape index (κ1) is 19.8. The number of halogens is 1. The summed E-state index contributed by atoms with van der Waals surface area (Å²) in [5.41, 5.74) is 2.39. The van der Waals surface area contributed by atoms with Crippen LogP contribution in [0.1, 0.15) is 30.1 Å². The highest BCUT2D eigenvalue weighted by Gasteiger charge is 2.30. The highest BCUT2D eigenvalue weighted by molar-refractivity contribution is 7.71. The molecular formula is C23H26ClN5S. The molecule has 0 unspecified atom stereocenters. The zero-order chi connectivity index (χ0) is 20.5. The van der Waals surface area contributed by atoms with E-state index in [9.17, 15) is 0 Å². The van der Waals surface area contributed by atoms with E-state index in [4.69, 9.17) is 28.9 Å². The average Bonchev–Trinajstić information content (AvgIpc) is 3.57. The monoisotopic (exact) mass is 439 g/mol. The Kier molecular flexibility index (Phi) is 5.63. The third kappa shape index (κ3) is 4.17. The fourth-order valence-corrected chi connectivity index (χ4v) is 4.65. The van der Waals surface area contributed by atoms with Crippen LogP contribution in [-0.4, -0.2) is 45.4 Å². The van der Waals surface area contributed by atoms with Crippen molar-refractivity contribution in [3.63, 3.8) is 0 Å². The van der Waals surface area contributed by atoms with Crippen molar-refractivity contribution in [1.29, 1.82) is 0 Å². The van der Waals surface area contributed by atoms with Crippen LogP contribution >= 0.6 is 23.8 Å². The summed E-state index contributed by atoms with van der Waals surface area (Å²) in [6.07, 6.45) is 2.44. The molecule has 2 heterocycles. The van der Waals surface area contributed by atoms with E-state index in [1.807, 2.05) is 22.9 Å². The second-order valence-electron chi connectivity index (χ2n) is 8.18. The van der Waals surface area contributed by atoms with Gasteiger partial charge in [-0.3, -0.25) is 9.47 Å². The van der Waals surface area contributed by atoms with E-state index in [0.717, 1.165) is 60.7 Å². The van der Waals surface area contributed by atoms with Crippen molar-refractivity contribution in [3.05, 3.63) is 75.8 Å². The Morgan fingerprint density at radius 3 is 2.33 bits per heavy atom. The molecule has 30 heavy (non-hydrogen) atoms. The Bertz CT molecular complexity index is 1060. The molecule has 5 rings (SSSR count). The summed E-state index contributed by atoms with van der Waals surface area (Å²) in [5.74, 6) is 1.72. The van der Waals surface area contributed by atoms with Gasteiger partial charge in [-0.2, -0.15) is 5.10 Å². The molecule has 1 aliphatic heterocycles. The Balaban J connectivity index is 1.29. The largest absolute Gasteiger partial charge is 0.368 e. The summed E-state index contributed by atoms with van der Waals surface area (Å²) in [6.45, 7) is 5.39. The zero-order valence-corrected chi connectivity index (χ0v) is 18.5. The molecular weight excluding hydrogens is 414 g/mol. The Labute approximate surface area is 187 Å². The van der Waals surface area contributed by atoms with Gasteiger partial charge in [0.05, 0.1) is 23.9 Å². The number of para-hydroxylation sites is 1.